The van der Waals surface area contributed by atoms with E-state index in [0.29, 0.717) is 6.54 Å². The lowest BCUT2D eigenvalue weighted by atomic mass is 10.1. The molecule has 4 nitrogen and oxygen atoms in total. The van der Waals surface area contributed by atoms with Crippen LogP contribution >= 0.6 is 0 Å². The minimum Gasteiger partial charge on any atom is -0.395 e. The first kappa shape index (κ1) is 12.8. The molecule has 0 bridgehead atoms. The highest BCUT2D eigenvalue weighted by molar-refractivity contribution is 5.16. The SMILES string of the molecule is Cc1ncc(CN[C@@H](CO)Cc2ccccc2)[nH]1. The van der Waals surface area contributed by atoms with Gasteiger partial charge in [0.25, 0.3) is 0 Å². The third-order valence-electron chi connectivity index (χ3n) is 2.88. The highest BCUT2D eigenvalue weighted by Gasteiger charge is 2.08. The third-order valence-corrected chi connectivity index (χ3v) is 2.88. The Kier molecular flexibility index (Phi) is 4.50. The summed E-state index contributed by atoms with van der Waals surface area (Å²) in [4.78, 5) is 7.31. The topological polar surface area (TPSA) is 60.9 Å². The number of rotatable bonds is 6. The van der Waals surface area contributed by atoms with Crippen molar-refractivity contribution in [1.82, 2.24) is 15.3 Å². The Morgan fingerprint density at radius 3 is 2.72 bits per heavy atom. The van der Waals surface area contributed by atoms with Crippen molar-refractivity contribution in [2.75, 3.05) is 6.61 Å². The zero-order valence-electron chi connectivity index (χ0n) is 10.6. The monoisotopic (exact) mass is 245 g/mol. The number of aliphatic hydroxyl groups is 1. The maximum Gasteiger partial charge on any atom is 0.103 e. The molecule has 0 aliphatic carbocycles. The lowest BCUT2D eigenvalue weighted by Gasteiger charge is -2.15. The Balaban J connectivity index is 1.86. The number of aromatic nitrogens is 2. The Bertz CT molecular complexity index is 467. The standard InChI is InChI=1S/C14H19N3O/c1-11-15-8-14(17-11)9-16-13(10-18)7-12-5-3-2-4-6-12/h2-6,8,13,16,18H,7,9-10H2,1H3,(H,15,17)/t13-/m1/s1. The van der Waals surface area contributed by atoms with Crippen molar-refractivity contribution < 1.29 is 5.11 Å². The second kappa shape index (κ2) is 6.33. The summed E-state index contributed by atoms with van der Waals surface area (Å²) >= 11 is 0. The van der Waals surface area contributed by atoms with E-state index in [1.165, 1.54) is 5.56 Å². The van der Waals surface area contributed by atoms with Crippen molar-refractivity contribution in [1.29, 1.82) is 0 Å². The summed E-state index contributed by atoms with van der Waals surface area (Å²) < 4.78 is 0. The van der Waals surface area contributed by atoms with Gasteiger partial charge >= 0.3 is 0 Å². The zero-order chi connectivity index (χ0) is 12.8. The summed E-state index contributed by atoms with van der Waals surface area (Å²) in [7, 11) is 0. The predicted octanol–water partition coefficient (Wildman–Crippen LogP) is 1.41. The van der Waals surface area contributed by atoms with E-state index in [1.807, 2.05) is 31.3 Å². The number of aryl methyl sites for hydroxylation is 1. The van der Waals surface area contributed by atoms with E-state index < -0.39 is 0 Å². The molecule has 0 aliphatic heterocycles. The summed E-state index contributed by atoms with van der Waals surface area (Å²) in [6, 6.07) is 10.2. The Morgan fingerprint density at radius 2 is 2.11 bits per heavy atom. The molecule has 0 unspecified atom stereocenters. The predicted molar refractivity (Wildman–Crippen MR) is 71.2 cm³/mol. The van der Waals surface area contributed by atoms with Crippen molar-refractivity contribution >= 4 is 0 Å². The van der Waals surface area contributed by atoms with Gasteiger partial charge in [-0.2, -0.15) is 0 Å². The smallest absolute Gasteiger partial charge is 0.103 e. The maximum absolute atomic E-state index is 9.38. The van der Waals surface area contributed by atoms with E-state index in [1.54, 1.807) is 0 Å². The second-order valence-electron chi connectivity index (χ2n) is 4.44. The largest absolute Gasteiger partial charge is 0.395 e. The average Bonchev–Trinajstić information content (AvgIpc) is 2.81. The number of hydrogen-bond donors (Lipinski definition) is 3. The van der Waals surface area contributed by atoms with Crippen LogP contribution in [0.2, 0.25) is 0 Å². The number of benzene rings is 1. The number of hydrogen-bond acceptors (Lipinski definition) is 3. The fourth-order valence-electron chi connectivity index (χ4n) is 1.92. The number of H-pyrrole nitrogens is 1. The van der Waals surface area contributed by atoms with Gasteiger partial charge < -0.3 is 15.4 Å². The van der Waals surface area contributed by atoms with Crippen molar-refractivity contribution in [2.24, 2.45) is 0 Å². The Morgan fingerprint density at radius 1 is 1.33 bits per heavy atom. The van der Waals surface area contributed by atoms with E-state index in [-0.39, 0.29) is 12.6 Å². The molecule has 0 fully saturated rings. The molecule has 4 heteroatoms. The molecule has 2 rings (SSSR count). The van der Waals surface area contributed by atoms with Gasteiger partial charge in [0.1, 0.15) is 5.82 Å². The van der Waals surface area contributed by atoms with Gasteiger partial charge in [-0.3, -0.25) is 0 Å². The van der Waals surface area contributed by atoms with Gasteiger partial charge in [-0.05, 0) is 18.9 Å². The van der Waals surface area contributed by atoms with Gasteiger partial charge in [0.2, 0.25) is 0 Å². The van der Waals surface area contributed by atoms with Crippen LogP contribution in [0.4, 0.5) is 0 Å². The van der Waals surface area contributed by atoms with E-state index >= 15 is 0 Å². The van der Waals surface area contributed by atoms with Gasteiger partial charge in [0, 0.05) is 24.5 Å². The number of nitrogens with one attached hydrogen (secondary N) is 2. The molecular weight excluding hydrogens is 226 g/mol. The first-order chi connectivity index (χ1) is 8.78. The first-order valence-electron chi connectivity index (χ1n) is 6.16. The summed E-state index contributed by atoms with van der Waals surface area (Å²) in [5, 5.41) is 12.7. The first-order valence-corrected chi connectivity index (χ1v) is 6.16. The molecule has 3 N–H and O–H groups in total. The van der Waals surface area contributed by atoms with Crippen LogP contribution in [-0.4, -0.2) is 27.7 Å². The molecule has 96 valence electrons. The molecule has 18 heavy (non-hydrogen) atoms. The second-order valence-corrected chi connectivity index (χ2v) is 4.44. The minimum atomic E-state index is 0.0657. The molecule has 0 amide bonds. The average molecular weight is 245 g/mol. The fraction of sp³-hybridized carbons (Fsp3) is 0.357. The van der Waals surface area contributed by atoms with E-state index in [0.717, 1.165) is 17.9 Å². The van der Waals surface area contributed by atoms with Crippen molar-refractivity contribution in [3.8, 4) is 0 Å². The van der Waals surface area contributed by atoms with Crippen LogP contribution in [0.15, 0.2) is 36.5 Å². The molecule has 0 spiro atoms. The van der Waals surface area contributed by atoms with Crippen molar-refractivity contribution in [2.45, 2.75) is 25.9 Å². The highest BCUT2D eigenvalue weighted by Crippen LogP contribution is 2.04. The maximum atomic E-state index is 9.38. The van der Waals surface area contributed by atoms with Crippen molar-refractivity contribution in [3.63, 3.8) is 0 Å². The van der Waals surface area contributed by atoms with Crippen LogP contribution in [0.3, 0.4) is 0 Å². The lowest BCUT2D eigenvalue weighted by molar-refractivity contribution is 0.240. The van der Waals surface area contributed by atoms with E-state index in [4.69, 9.17) is 0 Å². The molecule has 0 aliphatic rings. The van der Waals surface area contributed by atoms with Crippen LogP contribution in [0, 0.1) is 6.92 Å². The number of nitrogens with zero attached hydrogens (tertiary/aromatic N) is 1. The van der Waals surface area contributed by atoms with Gasteiger partial charge in [-0.1, -0.05) is 30.3 Å². The summed E-state index contributed by atoms with van der Waals surface area (Å²) in [5.74, 6) is 0.912. The molecule has 0 saturated heterocycles. The number of imidazole rings is 1. The number of aromatic amines is 1. The van der Waals surface area contributed by atoms with E-state index in [9.17, 15) is 5.11 Å². The fourth-order valence-corrected chi connectivity index (χ4v) is 1.92. The van der Waals surface area contributed by atoms with Crippen molar-refractivity contribution in [3.05, 3.63) is 53.6 Å². The minimum absolute atomic E-state index is 0.0657. The molecule has 1 atom stereocenters. The van der Waals surface area contributed by atoms with Crippen LogP contribution < -0.4 is 5.32 Å². The number of aliphatic hydroxyl groups excluding tert-OH is 1. The summed E-state index contributed by atoms with van der Waals surface area (Å²) in [5.41, 5.74) is 2.27. The van der Waals surface area contributed by atoms with Crippen LogP contribution in [0.1, 0.15) is 17.1 Å². The normalized spacial score (nSPS) is 12.6. The molecule has 1 heterocycles. The zero-order valence-corrected chi connectivity index (χ0v) is 10.6. The Hall–Kier alpha value is -1.65. The summed E-state index contributed by atoms with van der Waals surface area (Å²) in [6.45, 7) is 2.75. The van der Waals surface area contributed by atoms with Crippen LogP contribution in [-0.2, 0) is 13.0 Å². The van der Waals surface area contributed by atoms with Gasteiger partial charge in [0.05, 0.1) is 6.61 Å². The molecule has 1 aromatic carbocycles. The van der Waals surface area contributed by atoms with Crippen LogP contribution in [0.25, 0.3) is 0 Å². The molecule has 2 aromatic rings. The van der Waals surface area contributed by atoms with Gasteiger partial charge in [-0.15, -0.1) is 0 Å². The van der Waals surface area contributed by atoms with Crippen LogP contribution in [0.5, 0.6) is 0 Å². The van der Waals surface area contributed by atoms with Gasteiger partial charge in [0.15, 0.2) is 0 Å². The van der Waals surface area contributed by atoms with E-state index in [2.05, 4.69) is 27.4 Å². The molecular formula is C14H19N3O. The Labute approximate surface area is 107 Å². The third kappa shape index (κ3) is 3.68. The molecule has 1 aromatic heterocycles. The molecule has 0 radical (unpaired) electrons. The van der Waals surface area contributed by atoms with Gasteiger partial charge in [-0.25, -0.2) is 4.98 Å². The highest BCUT2D eigenvalue weighted by atomic mass is 16.3. The molecule has 0 saturated carbocycles. The quantitative estimate of drug-likeness (QED) is 0.721. The lowest BCUT2D eigenvalue weighted by Crippen LogP contribution is -2.34. The summed E-state index contributed by atoms with van der Waals surface area (Å²) in [6.07, 6.45) is 2.64.